The quantitative estimate of drug-likeness (QED) is 0.839. The smallest absolute Gasteiger partial charge is 0.260 e. The maximum atomic E-state index is 12.0. The van der Waals surface area contributed by atoms with Crippen LogP contribution in [0.3, 0.4) is 0 Å². The summed E-state index contributed by atoms with van der Waals surface area (Å²) in [6.07, 6.45) is 3.70. The maximum Gasteiger partial charge on any atom is 0.260 e. The Bertz CT molecular complexity index is 634. The molecule has 2 aromatic heterocycles. The molecule has 2 heterocycles. The van der Waals surface area contributed by atoms with Crippen LogP contribution in [0, 0.1) is 11.8 Å². The molecule has 0 spiro atoms. The summed E-state index contributed by atoms with van der Waals surface area (Å²) in [5.74, 6) is 5.66. The molecule has 0 aliphatic carbocycles. The molecule has 0 aliphatic heterocycles. The van der Waals surface area contributed by atoms with Gasteiger partial charge >= 0.3 is 0 Å². The van der Waals surface area contributed by atoms with Crippen molar-refractivity contribution in [2.75, 3.05) is 11.9 Å². The van der Waals surface area contributed by atoms with E-state index in [1.807, 2.05) is 6.92 Å². The van der Waals surface area contributed by atoms with Gasteiger partial charge in [-0.05, 0) is 6.07 Å². The molecule has 5 nitrogen and oxygen atoms in total. The number of aryl methyl sites for hydroxylation is 1. The SMILES string of the molecule is CCc1occc1C(=O)Nc1ncc(C#CCO)s1. The van der Waals surface area contributed by atoms with Gasteiger partial charge in [0, 0.05) is 6.42 Å². The highest BCUT2D eigenvalue weighted by atomic mass is 32.1. The number of hydrogen-bond acceptors (Lipinski definition) is 5. The van der Waals surface area contributed by atoms with Gasteiger partial charge in [0.2, 0.25) is 0 Å². The molecule has 6 heteroatoms. The van der Waals surface area contributed by atoms with Gasteiger partial charge in [0.1, 0.15) is 12.4 Å². The van der Waals surface area contributed by atoms with Gasteiger partial charge < -0.3 is 9.52 Å². The van der Waals surface area contributed by atoms with Gasteiger partial charge in [0.25, 0.3) is 5.91 Å². The van der Waals surface area contributed by atoms with E-state index in [9.17, 15) is 4.79 Å². The van der Waals surface area contributed by atoms with E-state index >= 15 is 0 Å². The zero-order valence-corrected chi connectivity index (χ0v) is 11.1. The van der Waals surface area contributed by atoms with Crippen LogP contribution in [-0.2, 0) is 6.42 Å². The second kappa shape index (κ2) is 6.18. The molecule has 19 heavy (non-hydrogen) atoms. The lowest BCUT2D eigenvalue weighted by Gasteiger charge is -2.00. The standard InChI is InChI=1S/C13H12N2O3S/c1-2-11-10(5-7-18-11)12(17)15-13-14-8-9(19-13)4-3-6-16/h5,7-8,16H,2,6H2,1H3,(H,14,15,17). The molecule has 0 atom stereocenters. The van der Waals surface area contributed by atoms with Gasteiger partial charge in [-0.3, -0.25) is 10.1 Å². The van der Waals surface area contributed by atoms with Crippen LogP contribution in [0.15, 0.2) is 22.9 Å². The van der Waals surface area contributed by atoms with E-state index in [1.165, 1.54) is 17.6 Å². The van der Waals surface area contributed by atoms with E-state index in [-0.39, 0.29) is 12.5 Å². The predicted molar refractivity (Wildman–Crippen MR) is 72.1 cm³/mol. The first kappa shape index (κ1) is 13.3. The highest BCUT2D eigenvalue weighted by Gasteiger charge is 2.14. The summed E-state index contributed by atoms with van der Waals surface area (Å²) in [4.78, 5) is 16.7. The number of nitrogens with one attached hydrogen (secondary N) is 1. The molecule has 2 N–H and O–H groups in total. The number of rotatable bonds is 3. The average molecular weight is 276 g/mol. The maximum absolute atomic E-state index is 12.0. The third-order valence-corrected chi connectivity index (χ3v) is 3.16. The number of aliphatic hydroxyl groups excluding tert-OH is 1. The van der Waals surface area contributed by atoms with Gasteiger partial charge in [-0.25, -0.2) is 4.98 Å². The van der Waals surface area contributed by atoms with Crippen LogP contribution in [-0.4, -0.2) is 22.6 Å². The van der Waals surface area contributed by atoms with Crippen molar-refractivity contribution in [3.63, 3.8) is 0 Å². The molecule has 0 radical (unpaired) electrons. The number of furan rings is 1. The second-order valence-corrected chi connectivity index (χ2v) is 4.59. The zero-order valence-electron chi connectivity index (χ0n) is 10.3. The minimum Gasteiger partial charge on any atom is -0.469 e. The first-order valence-corrected chi connectivity index (χ1v) is 6.49. The fraction of sp³-hybridized carbons (Fsp3) is 0.231. The van der Waals surface area contributed by atoms with Crippen molar-refractivity contribution in [3.8, 4) is 11.8 Å². The Kier molecular flexibility index (Phi) is 4.34. The third-order valence-electron chi connectivity index (χ3n) is 2.33. The zero-order chi connectivity index (χ0) is 13.7. The highest BCUT2D eigenvalue weighted by Crippen LogP contribution is 2.19. The van der Waals surface area contributed by atoms with E-state index in [4.69, 9.17) is 9.52 Å². The van der Waals surface area contributed by atoms with Crippen LogP contribution in [0.4, 0.5) is 5.13 Å². The topological polar surface area (TPSA) is 75.4 Å². The number of amides is 1. The molecule has 0 unspecified atom stereocenters. The minimum absolute atomic E-state index is 0.200. The summed E-state index contributed by atoms with van der Waals surface area (Å²) in [6.45, 7) is 1.72. The van der Waals surface area contributed by atoms with Gasteiger partial charge in [-0.2, -0.15) is 0 Å². The Hall–Kier alpha value is -2.10. The van der Waals surface area contributed by atoms with Crippen LogP contribution in [0.5, 0.6) is 0 Å². The molecule has 0 aromatic carbocycles. The van der Waals surface area contributed by atoms with Crippen LogP contribution >= 0.6 is 11.3 Å². The summed E-state index contributed by atoms with van der Waals surface area (Å²) in [6, 6.07) is 1.63. The number of hydrogen-bond donors (Lipinski definition) is 2. The molecule has 2 rings (SSSR count). The van der Waals surface area contributed by atoms with Crippen molar-refractivity contribution < 1.29 is 14.3 Å². The summed E-state index contributed by atoms with van der Waals surface area (Å²) in [7, 11) is 0. The van der Waals surface area contributed by atoms with Crippen LogP contribution in [0.1, 0.15) is 27.9 Å². The van der Waals surface area contributed by atoms with Crippen molar-refractivity contribution >= 4 is 22.4 Å². The Morgan fingerprint density at radius 1 is 1.63 bits per heavy atom. The Labute approximate surface area is 114 Å². The van der Waals surface area contributed by atoms with Gasteiger partial charge in [0.15, 0.2) is 5.13 Å². The lowest BCUT2D eigenvalue weighted by Crippen LogP contribution is -2.12. The Balaban J connectivity index is 2.09. The van der Waals surface area contributed by atoms with Crippen molar-refractivity contribution in [3.05, 3.63) is 34.7 Å². The molecule has 0 aliphatic rings. The number of nitrogens with zero attached hydrogens (tertiary/aromatic N) is 1. The number of aromatic nitrogens is 1. The van der Waals surface area contributed by atoms with E-state index in [2.05, 4.69) is 22.1 Å². The molecular weight excluding hydrogens is 264 g/mol. The van der Waals surface area contributed by atoms with Crippen molar-refractivity contribution in [1.82, 2.24) is 4.98 Å². The Morgan fingerprint density at radius 2 is 2.47 bits per heavy atom. The first-order chi connectivity index (χ1) is 9.24. The van der Waals surface area contributed by atoms with E-state index in [1.54, 1.807) is 12.3 Å². The summed E-state index contributed by atoms with van der Waals surface area (Å²) in [5, 5.41) is 11.8. The number of carbonyl (C=O) groups is 1. The van der Waals surface area contributed by atoms with E-state index < -0.39 is 0 Å². The molecule has 0 bridgehead atoms. The number of aliphatic hydroxyl groups is 1. The largest absolute Gasteiger partial charge is 0.469 e. The predicted octanol–water partition coefficient (Wildman–Crippen LogP) is 1.89. The molecule has 0 saturated carbocycles. The average Bonchev–Trinajstić information content (AvgIpc) is 3.04. The lowest BCUT2D eigenvalue weighted by molar-refractivity contribution is 0.102. The van der Waals surface area contributed by atoms with Gasteiger partial charge in [0.05, 0.1) is 22.9 Å². The molecule has 0 saturated heterocycles. The molecule has 0 fully saturated rings. The fourth-order valence-corrected chi connectivity index (χ4v) is 2.18. The summed E-state index contributed by atoms with van der Waals surface area (Å²) in [5.41, 5.74) is 0.515. The van der Waals surface area contributed by atoms with Crippen molar-refractivity contribution in [1.29, 1.82) is 0 Å². The normalized spacial score (nSPS) is 9.79. The highest BCUT2D eigenvalue weighted by molar-refractivity contribution is 7.16. The molecular formula is C13H12N2O3S. The molecule has 1 amide bonds. The number of carbonyl (C=O) groups excluding carboxylic acids is 1. The number of thiazole rings is 1. The van der Waals surface area contributed by atoms with Crippen LogP contribution < -0.4 is 5.32 Å². The van der Waals surface area contributed by atoms with Crippen molar-refractivity contribution in [2.24, 2.45) is 0 Å². The summed E-state index contributed by atoms with van der Waals surface area (Å²) >= 11 is 1.25. The van der Waals surface area contributed by atoms with Crippen LogP contribution in [0.25, 0.3) is 0 Å². The number of anilines is 1. The lowest BCUT2D eigenvalue weighted by atomic mass is 10.2. The fourth-order valence-electron chi connectivity index (χ4n) is 1.50. The minimum atomic E-state index is -0.249. The van der Waals surface area contributed by atoms with Gasteiger partial charge in [-0.1, -0.05) is 30.1 Å². The monoisotopic (exact) mass is 276 g/mol. The molecule has 98 valence electrons. The third kappa shape index (κ3) is 3.22. The van der Waals surface area contributed by atoms with Crippen LogP contribution in [0.2, 0.25) is 0 Å². The Morgan fingerprint density at radius 3 is 3.21 bits per heavy atom. The first-order valence-electron chi connectivity index (χ1n) is 5.68. The van der Waals surface area contributed by atoms with E-state index in [0.29, 0.717) is 27.8 Å². The van der Waals surface area contributed by atoms with Crippen molar-refractivity contribution in [2.45, 2.75) is 13.3 Å². The molecule has 2 aromatic rings. The summed E-state index contributed by atoms with van der Waals surface area (Å²) < 4.78 is 5.20. The second-order valence-electron chi connectivity index (χ2n) is 3.55. The van der Waals surface area contributed by atoms with Gasteiger partial charge in [-0.15, -0.1) is 0 Å². The van der Waals surface area contributed by atoms with E-state index in [0.717, 1.165) is 0 Å².